The van der Waals surface area contributed by atoms with Crippen molar-refractivity contribution in [3.05, 3.63) is 17.5 Å². The minimum atomic E-state index is -0.946. The van der Waals surface area contributed by atoms with E-state index in [9.17, 15) is 4.79 Å². The first-order chi connectivity index (χ1) is 8.61. The lowest BCUT2D eigenvalue weighted by atomic mass is 10.1. The molecule has 0 saturated heterocycles. The first-order valence-corrected chi connectivity index (χ1v) is 6.69. The normalized spacial score (nSPS) is 21.1. The molecule has 0 fully saturated rings. The Hall–Kier alpha value is -1.36. The van der Waals surface area contributed by atoms with Crippen molar-refractivity contribution in [1.29, 1.82) is 0 Å². The van der Waals surface area contributed by atoms with Gasteiger partial charge < -0.3 is 10.4 Å². The van der Waals surface area contributed by atoms with Crippen molar-refractivity contribution < 1.29 is 9.90 Å². The predicted octanol–water partition coefficient (Wildman–Crippen LogP) is 2.19. The van der Waals surface area contributed by atoms with E-state index in [1.807, 2.05) is 4.68 Å². The molecule has 0 aromatic carbocycles. The molecule has 5 nitrogen and oxygen atoms in total. The summed E-state index contributed by atoms with van der Waals surface area (Å²) in [5.41, 5.74) is 1.17. The molecule has 1 aromatic rings. The van der Waals surface area contributed by atoms with Gasteiger partial charge in [-0.05, 0) is 38.7 Å². The number of fused-ring (bicyclic) bond motifs is 1. The number of rotatable bonds is 4. The summed E-state index contributed by atoms with van der Waals surface area (Å²) in [6, 6.07) is 2.38. The second-order valence-electron chi connectivity index (χ2n) is 5.01. The van der Waals surface area contributed by atoms with Crippen LogP contribution >= 0.6 is 0 Å². The Labute approximate surface area is 107 Å². The van der Waals surface area contributed by atoms with Gasteiger partial charge in [-0.25, -0.2) is 4.79 Å². The fourth-order valence-electron chi connectivity index (χ4n) is 2.38. The summed E-state index contributed by atoms with van der Waals surface area (Å²) in [6.45, 7) is 5.12. The molecule has 0 amide bonds. The van der Waals surface area contributed by atoms with Gasteiger partial charge in [-0.15, -0.1) is 0 Å². The van der Waals surface area contributed by atoms with E-state index < -0.39 is 5.97 Å². The average molecular weight is 251 g/mol. The van der Waals surface area contributed by atoms with Gasteiger partial charge in [-0.3, -0.25) is 4.68 Å². The van der Waals surface area contributed by atoms with Crippen LogP contribution in [0.5, 0.6) is 0 Å². The third-order valence-corrected chi connectivity index (χ3v) is 3.60. The monoisotopic (exact) mass is 251 g/mol. The van der Waals surface area contributed by atoms with E-state index in [0.29, 0.717) is 6.04 Å². The third-order valence-electron chi connectivity index (χ3n) is 3.60. The van der Waals surface area contributed by atoms with Crippen LogP contribution in [0.4, 0.5) is 0 Å². The molecule has 1 aliphatic rings. The minimum absolute atomic E-state index is 0.155. The molecule has 2 heterocycles. The van der Waals surface area contributed by atoms with Gasteiger partial charge in [0.2, 0.25) is 0 Å². The second kappa shape index (κ2) is 5.52. The summed E-state index contributed by atoms with van der Waals surface area (Å²) >= 11 is 0. The fourth-order valence-corrected chi connectivity index (χ4v) is 2.38. The average Bonchev–Trinajstić information content (AvgIpc) is 2.69. The zero-order valence-electron chi connectivity index (χ0n) is 11.0. The second-order valence-corrected chi connectivity index (χ2v) is 5.01. The molecule has 0 bridgehead atoms. The first-order valence-electron chi connectivity index (χ1n) is 6.69. The maximum Gasteiger partial charge on any atom is 0.356 e. The lowest BCUT2D eigenvalue weighted by Crippen LogP contribution is -2.30. The molecule has 2 unspecified atom stereocenters. The first kappa shape index (κ1) is 13.1. The van der Waals surface area contributed by atoms with Crippen LogP contribution in [0.15, 0.2) is 6.07 Å². The zero-order chi connectivity index (χ0) is 13.1. The van der Waals surface area contributed by atoms with Crippen molar-refractivity contribution in [2.45, 2.75) is 58.2 Å². The Morgan fingerprint density at radius 2 is 2.44 bits per heavy atom. The highest BCUT2D eigenvalue weighted by atomic mass is 16.4. The highest BCUT2D eigenvalue weighted by Gasteiger charge is 2.23. The maximum atomic E-state index is 11.0. The highest BCUT2D eigenvalue weighted by Crippen LogP contribution is 2.25. The molecule has 5 heteroatoms. The Morgan fingerprint density at radius 1 is 1.67 bits per heavy atom. The van der Waals surface area contributed by atoms with Gasteiger partial charge in [0.05, 0.1) is 5.69 Å². The SMILES string of the molecule is CCC(C)NC1CCCCn2nc(C(=O)O)cc21. The topological polar surface area (TPSA) is 67.2 Å². The molecule has 0 radical (unpaired) electrons. The largest absolute Gasteiger partial charge is 0.476 e. The Morgan fingerprint density at radius 3 is 3.11 bits per heavy atom. The fraction of sp³-hybridized carbons (Fsp3) is 0.692. The highest BCUT2D eigenvalue weighted by molar-refractivity contribution is 5.85. The number of carboxylic acid groups (broad SMARTS) is 1. The number of aromatic nitrogens is 2. The molecular formula is C13H21N3O2. The molecule has 1 aliphatic heterocycles. The van der Waals surface area contributed by atoms with Crippen LogP contribution in [0, 0.1) is 0 Å². The van der Waals surface area contributed by atoms with Crippen LogP contribution in [0.25, 0.3) is 0 Å². The molecule has 2 N–H and O–H groups in total. The van der Waals surface area contributed by atoms with Gasteiger partial charge in [0.1, 0.15) is 0 Å². The summed E-state index contributed by atoms with van der Waals surface area (Å²) in [4.78, 5) is 11.0. The number of aromatic carboxylic acids is 1. The van der Waals surface area contributed by atoms with Crippen LogP contribution in [0.2, 0.25) is 0 Å². The van der Waals surface area contributed by atoms with Crippen LogP contribution in [-0.2, 0) is 6.54 Å². The molecular weight excluding hydrogens is 230 g/mol. The molecule has 0 saturated carbocycles. The van der Waals surface area contributed by atoms with Crippen molar-refractivity contribution in [2.75, 3.05) is 0 Å². The van der Waals surface area contributed by atoms with Crippen molar-refractivity contribution in [2.24, 2.45) is 0 Å². The summed E-state index contributed by atoms with van der Waals surface area (Å²) < 4.78 is 1.86. The number of hydrogen-bond acceptors (Lipinski definition) is 3. The van der Waals surface area contributed by atoms with Crippen molar-refractivity contribution >= 4 is 5.97 Å². The number of nitrogens with one attached hydrogen (secondary N) is 1. The van der Waals surface area contributed by atoms with Crippen LogP contribution in [0.3, 0.4) is 0 Å². The van der Waals surface area contributed by atoms with Gasteiger partial charge in [-0.2, -0.15) is 5.10 Å². The molecule has 0 aliphatic carbocycles. The molecule has 100 valence electrons. The van der Waals surface area contributed by atoms with Crippen molar-refractivity contribution in [1.82, 2.24) is 15.1 Å². The van der Waals surface area contributed by atoms with E-state index in [0.717, 1.165) is 37.9 Å². The number of hydrogen-bond donors (Lipinski definition) is 2. The van der Waals surface area contributed by atoms with Gasteiger partial charge in [0.25, 0.3) is 0 Å². The molecule has 2 atom stereocenters. The minimum Gasteiger partial charge on any atom is -0.476 e. The standard InChI is InChI=1S/C13H21N3O2/c1-3-9(2)14-10-6-4-5-7-16-12(10)8-11(15-16)13(17)18/h8-10,14H,3-7H2,1-2H3,(H,17,18). The zero-order valence-corrected chi connectivity index (χ0v) is 11.0. The van der Waals surface area contributed by atoms with Crippen LogP contribution < -0.4 is 5.32 Å². The summed E-state index contributed by atoms with van der Waals surface area (Å²) in [7, 11) is 0. The van der Waals surface area contributed by atoms with Gasteiger partial charge in [0.15, 0.2) is 5.69 Å². The van der Waals surface area contributed by atoms with Crippen molar-refractivity contribution in [3.8, 4) is 0 Å². The van der Waals surface area contributed by atoms with Gasteiger partial charge in [0, 0.05) is 18.6 Å². The number of nitrogens with zero attached hydrogens (tertiary/aromatic N) is 2. The summed E-state index contributed by atoms with van der Waals surface area (Å²) in [5, 5.41) is 16.8. The van der Waals surface area contributed by atoms with Crippen LogP contribution in [-0.4, -0.2) is 26.9 Å². The van der Waals surface area contributed by atoms with Gasteiger partial charge >= 0.3 is 5.97 Å². The molecule has 0 spiro atoms. The number of carboxylic acids is 1. The van der Waals surface area contributed by atoms with Gasteiger partial charge in [-0.1, -0.05) is 6.92 Å². The molecule has 2 rings (SSSR count). The van der Waals surface area contributed by atoms with E-state index in [-0.39, 0.29) is 11.7 Å². The lowest BCUT2D eigenvalue weighted by Gasteiger charge is -2.21. The van der Waals surface area contributed by atoms with E-state index in [1.165, 1.54) is 0 Å². The number of aryl methyl sites for hydroxylation is 1. The lowest BCUT2D eigenvalue weighted by molar-refractivity contribution is 0.0689. The quantitative estimate of drug-likeness (QED) is 0.860. The Kier molecular flexibility index (Phi) is 4.01. The third kappa shape index (κ3) is 2.72. The Balaban J connectivity index is 2.25. The smallest absolute Gasteiger partial charge is 0.356 e. The van der Waals surface area contributed by atoms with E-state index >= 15 is 0 Å². The predicted molar refractivity (Wildman–Crippen MR) is 68.7 cm³/mol. The summed E-state index contributed by atoms with van der Waals surface area (Å²) in [6.07, 6.45) is 4.33. The Bertz CT molecular complexity index is 428. The van der Waals surface area contributed by atoms with Crippen LogP contribution in [0.1, 0.15) is 61.8 Å². The summed E-state index contributed by atoms with van der Waals surface area (Å²) in [5.74, 6) is -0.946. The molecule has 18 heavy (non-hydrogen) atoms. The van der Waals surface area contributed by atoms with Crippen molar-refractivity contribution in [3.63, 3.8) is 0 Å². The van der Waals surface area contributed by atoms with E-state index in [2.05, 4.69) is 24.3 Å². The molecule has 1 aromatic heterocycles. The maximum absolute atomic E-state index is 11.0. The number of carbonyl (C=O) groups is 1. The van der Waals surface area contributed by atoms with E-state index in [1.54, 1.807) is 6.07 Å². The van der Waals surface area contributed by atoms with E-state index in [4.69, 9.17) is 5.11 Å².